The lowest BCUT2D eigenvalue weighted by Gasteiger charge is -2.04. The molecule has 17 heavy (non-hydrogen) atoms. The van der Waals surface area contributed by atoms with Crippen molar-refractivity contribution in [3.8, 4) is 0 Å². The molecule has 0 radical (unpaired) electrons. The molecule has 1 aromatic carbocycles. The fourth-order valence-corrected chi connectivity index (χ4v) is 1.94. The standard InChI is InChI=1S/C12H12BrNO3/c13-8-3-1-7(2-4-8)6-14-11(15)9-5-10(9)12(16)17/h1-4,9-10H,5-6H2,(H,14,15)(H,16,17). The van der Waals surface area contributed by atoms with E-state index in [9.17, 15) is 9.59 Å². The molecular formula is C12H12BrNO3. The van der Waals surface area contributed by atoms with E-state index in [-0.39, 0.29) is 11.8 Å². The highest BCUT2D eigenvalue weighted by Gasteiger charge is 2.48. The van der Waals surface area contributed by atoms with Crippen molar-refractivity contribution in [2.45, 2.75) is 13.0 Å². The Bertz CT molecular complexity index is 444. The maximum atomic E-state index is 11.6. The third kappa shape index (κ3) is 3.06. The van der Waals surface area contributed by atoms with E-state index in [1.807, 2.05) is 24.3 Å². The third-order valence-electron chi connectivity index (χ3n) is 2.82. The van der Waals surface area contributed by atoms with Crippen LogP contribution in [0.1, 0.15) is 12.0 Å². The molecule has 1 aliphatic carbocycles. The molecule has 1 aromatic rings. The first-order chi connectivity index (χ1) is 8.08. The molecular weight excluding hydrogens is 286 g/mol. The molecule has 0 spiro atoms. The van der Waals surface area contributed by atoms with Gasteiger partial charge in [0.15, 0.2) is 0 Å². The molecule has 5 heteroatoms. The van der Waals surface area contributed by atoms with Gasteiger partial charge >= 0.3 is 5.97 Å². The highest BCUT2D eigenvalue weighted by atomic mass is 79.9. The molecule has 1 fully saturated rings. The maximum absolute atomic E-state index is 11.6. The van der Waals surface area contributed by atoms with Crippen LogP contribution in [-0.2, 0) is 16.1 Å². The van der Waals surface area contributed by atoms with Gasteiger partial charge in [-0.25, -0.2) is 0 Å². The second-order valence-corrected chi connectivity index (χ2v) is 5.05. The zero-order valence-corrected chi connectivity index (χ0v) is 10.6. The number of hydrogen-bond acceptors (Lipinski definition) is 2. The topological polar surface area (TPSA) is 66.4 Å². The van der Waals surface area contributed by atoms with Crippen LogP contribution < -0.4 is 5.32 Å². The number of carbonyl (C=O) groups excluding carboxylic acids is 1. The van der Waals surface area contributed by atoms with Crippen LogP contribution in [0.5, 0.6) is 0 Å². The van der Waals surface area contributed by atoms with Gasteiger partial charge in [0.1, 0.15) is 0 Å². The van der Waals surface area contributed by atoms with Crippen molar-refractivity contribution in [1.29, 1.82) is 0 Å². The minimum absolute atomic E-state index is 0.166. The van der Waals surface area contributed by atoms with Crippen molar-refractivity contribution in [2.75, 3.05) is 0 Å². The highest BCUT2D eigenvalue weighted by molar-refractivity contribution is 9.10. The van der Waals surface area contributed by atoms with Crippen molar-refractivity contribution in [3.05, 3.63) is 34.3 Å². The Balaban J connectivity index is 1.81. The summed E-state index contributed by atoms with van der Waals surface area (Å²) in [5.41, 5.74) is 0.995. The molecule has 0 aromatic heterocycles. The van der Waals surface area contributed by atoms with Crippen LogP contribution in [0, 0.1) is 11.8 Å². The summed E-state index contributed by atoms with van der Waals surface area (Å²) in [6.45, 7) is 0.439. The lowest BCUT2D eigenvalue weighted by Crippen LogP contribution is -2.25. The van der Waals surface area contributed by atoms with E-state index in [1.54, 1.807) is 0 Å². The van der Waals surface area contributed by atoms with Gasteiger partial charge in [-0.05, 0) is 24.1 Å². The summed E-state index contributed by atoms with van der Waals surface area (Å²) in [5, 5.41) is 11.5. The van der Waals surface area contributed by atoms with Crippen molar-refractivity contribution < 1.29 is 14.7 Å². The zero-order chi connectivity index (χ0) is 12.4. The smallest absolute Gasteiger partial charge is 0.307 e. The molecule has 1 aliphatic rings. The van der Waals surface area contributed by atoms with Crippen LogP contribution in [0.25, 0.3) is 0 Å². The number of carboxylic acids is 1. The van der Waals surface area contributed by atoms with Gasteiger partial charge < -0.3 is 10.4 Å². The van der Waals surface area contributed by atoms with Crippen LogP contribution in [0.2, 0.25) is 0 Å². The number of aliphatic carboxylic acids is 1. The van der Waals surface area contributed by atoms with E-state index < -0.39 is 11.9 Å². The summed E-state index contributed by atoms with van der Waals surface area (Å²) in [5.74, 6) is -1.88. The van der Waals surface area contributed by atoms with Gasteiger partial charge in [-0.2, -0.15) is 0 Å². The Kier molecular flexibility index (Phi) is 3.47. The summed E-state index contributed by atoms with van der Waals surface area (Å²) in [6.07, 6.45) is 0.460. The van der Waals surface area contributed by atoms with E-state index in [0.717, 1.165) is 10.0 Å². The second kappa shape index (κ2) is 4.87. The Morgan fingerprint density at radius 1 is 1.29 bits per heavy atom. The summed E-state index contributed by atoms with van der Waals surface area (Å²) >= 11 is 3.33. The van der Waals surface area contributed by atoms with Gasteiger partial charge in [-0.3, -0.25) is 9.59 Å². The van der Waals surface area contributed by atoms with E-state index in [0.29, 0.717) is 13.0 Å². The molecule has 1 saturated carbocycles. The van der Waals surface area contributed by atoms with Gasteiger partial charge in [0.2, 0.25) is 5.91 Å². The van der Waals surface area contributed by atoms with Crippen molar-refractivity contribution in [2.24, 2.45) is 11.8 Å². The van der Waals surface area contributed by atoms with Crippen LogP contribution in [0.4, 0.5) is 0 Å². The highest BCUT2D eigenvalue weighted by Crippen LogP contribution is 2.38. The molecule has 0 aliphatic heterocycles. The molecule has 2 N–H and O–H groups in total. The fraction of sp³-hybridized carbons (Fsp3) is 0.333. The number of rotatable bonds is 4. The largest absolute Gasteiger partial charge is 0.481 e. The van der Waals surface area contributed by atoms with Gasteiger partial charge in [-0.1, -0.05) is 28.1 Å². The Morgan fingerprint density at radius 2 is 1.94 bits per heavy atom. The van der Waals surface area contributed by atoms with Gasteiger partial charge in [0.05, 0.1) is 11.8 Å². The quantitative estimate of drug-likeness (QED) is 0.890. The summed E-state index contributed by atoms with van der Waals surface area (Å²) in [6, 6.07) is 7.62. The first-order valence-electron chi connectivity index (χ1n) is 5.33. The molecule has 90 valence electrons. The number of carboxylic acid groups (broad SMARTS) is 1. The normalized spacial score (nSPS) is 21.9. The van der Waals surface area contributed by atoms with Crippen molar-refractivity contribution in [3.63, 3.8) is 0 Å². The Hall–Kier alpha value is -1.36. The van der Waals surface area contributed by atoms with Gasteiger partial charge in [0, 0.05) is 11.0 Å². The number of hydrogen-bond donors (Lipinski definition) is 2. The van der Waals surface area contributed by atoms with E-state index >= 15 is 0 Å². The average molecular weight is 298 g/mol. The third-order valence-corrected chi connectivity index (χ3v) is 3.35. The molecule has 0 saturated heterocycles. The molecule has 4 nitrogen and oxygen atoms in total. The maximum Gasteiger partial charge on any atom is 0.307 e. The lowest BCUT2D eigenvalue weighted by atomic mass is 10.2. The molecule has 2 atom stereocenters. The SMILES string of the molecule is O=C(O)C1CC1C(=O)NCc1ccc(Br)cc1. The van der Waals surface area contributed by atoms with Crippen LogP contribution >= 0.6 is 15.9 Å². The molecule has 1 amide bonds. The van der Waals surface area contributed by atoms with Crippen LogP contribution in [0.3, 0.4) is 0 Å². The zero-order valence-electron chi connectivity index (χ0n) is 9.02. The van der Waals surface area contributed by atoms with Crippen molar-refractivity contribution >= 4 is 27.8 Å². The predicted molar refractivity (Wildman–Crippen MR) is 65.2 cm³/mol. The molecule has 0 heterocycles. The van der Waals surface area contributed by atoms with Crippen LogP contribution in [-0.4, -0.2) is 17.0 Å². The molecule has 2 unspecified atom stereocenters. The number of nitrogens with one attached hydrogen (secondary N) is 1. The Labute approximate surface area is 107 Å². The number of carbonyl (C=O) groups is 2. The monoisotopic (exact) mass is 297 g/mol. The fourth-order valence-electron chi connectivity index (χ4n) is 1.68. The predicted octanol–water partition coefficient (Wildman–Crippen LogP) is 1.79. The van der Waals surface area contributed by atoms with E-state index in [1.165, 1.54) is 0 Å². The number of amides is 1. The van der Waals surface area contributed by atoms with E-state index in [2.05, 4.69) is 21.2 Å². The summed E-state index contributed by atoms with van der Waals surface area (Å²) in [7, 11) is 0. The minimum atomic E-state index is -0.881. The first kappa shape index (κ1) is 12.1. The number of benzene rings is 1. The minimum Gasteiger partial charge on any atom is -0.481 e. The van der Waals surface area contributed by atoms with Gasteiger partial charge in [0.25, 0.3) is 0 Å². The van der Waals surface area contributed by atoms with Crippen molar-refractivity contribution in [1.82, 2.24) is 5.32 Å². The summed E-state index contributed by atoms with van der Waals surface area (Å²) < 4.78 is 0.987. The van der Waals surface area contributed by atoms with E-state index in [4.69, 9.17) is 5.11 Å². The van der Waals surface area contributed by atoms with Crippen LogP contribution in [0.15, 0.2) is 28.7 Å². The molecule has 0 bridgehead atoms. The molecule has 2 rings (SSSR count). The second-order valence-electron chi connectivity index (χ2n) is 4.13. The average Bonchev–Trinajstić information content (AvgIpc) is 3.08. The summed E-state index contributed by atoms with van der Waals surface area (Å²) in [4.78, 5) is 22.2. The first-order valence-corrected chi connectivity index (χ1v) is 6.12. The number of halogens is 1. The lowest BCUT2D eigenvalue weighted by molar-refractivity contribution is -0.140. The Morgan fingerprint density at radius 3 is 2.47 bits per heavy atom. The van der Waals surface area contributed by atoms with Gasteiger partial charge in [-0.15, -0.1) is 0 Å².